The summed E-state index contributed by atoms with van der Waals surface area (Å²) in [7, 11) is 0. The van der Waals surface area contributed by atoms with E-state index in [1.165, 1.54) is 0 Å². The molecule has 1 heterocycles. The van der Waals surface area contributed by atoms with Gasteiger partial charge < -0.3 is 5.32 Å². The number of hydrogen-bond acceptors (Lipinski definition) is 3. The molecule has 0 fully saturated rings. The minimum Gasteiger partial charge on any atom is -0.363 e. The summed E-state index contributed by atoms with van der Waals surface area (Å²) < 4.78 is 24.1. The van der Waals surface area contributed by atoms with Crippen molar-refractivity contribution in [1.29, 1.82) is 5.26 Å². The van der Waals surface area contributed by atoms with E-state index in [-0.39, 0.29) is 5.82 Å². The van der Waals surface area contributed by atoms with Gasteiger partial charge in [0.05, 0.1) is 12.1 Å². The fourth-order valence-electron chi connectivity index (χ4n) is 1.87. The summed E-state index contributed by atoms with van der Waals surface area (Å²) in [5, 5.41) is 11.4. The van der Waals surface area contributed by atoms with Gasteiger partial charge in [0.1, 0.15) is 11.9 Å². The van der Waals surface area contributed by atoms with Crippen molar-refractivity contribution in [3.8, 4) is 6.07 Å². The number of aryl methyl sites for hydroxylation is 2. The van der Waals surface area contributed by atoms with Crippen molar-refractivity contribution in [2.45, 2.75) is 25.7 Å². The standard InChI is InChI=1S/C11H11F2N3/c12-10(13)6-15-11-8(5-14)4-7-2-1-3-9(7)16-11/h4,10H,1-3,6H2,(H,15,16). The Morgan fingerprint density at radius 3 is 3.00 bits per heavy atom. The zero-order valence-corrected chi connectivity index (χ0v) is 8.63. The summed E-state index contributed by atoms with van der Waals surface area (Å²) in [6, 6.07) is 3.73. The van der Waals surface area contributed by atoms with Gasteiger partial charge in [0, 0.05) is 5.69 Å². The van der Waals surface area contributed by atoms with E-state index < -0.39 is 13.0 Å². The minimum atomic E-state index is -2.44. The molecule has 3 nitrogen and oxygen atoms in total. The van der Waals surface area contributed by atoms with Crippen molar-refractivity contribution in [2.24, 2.45) is 0 Å². The van der Waals surface area contributed by atoms with Gasteiger partial charge in [-0.15, -0.1) is 0 Å². The van der Waals surface area contributed by atoms with E-state index in [1.54, 1.807) is 6.07 Å². The Morgan fingerprint density at radius 2 is 2.31 bits per heavy atom. The van der Waals surface area contributed by atoms with Crippen LogP contribution in [0.25, 0.3) is 0 Å². The van der Waals surface area contributed by atoms with E-state index in [4.69, 9.17) is 5.26 Å². The van der Waals surface area contributed by atoms with Crippen molar-refractivity contribution >= 4 is 5.82 Å². The molecule has 0 spiro atoms. The Morgan fingerprint density at radius 1 is 1.50 bits per heavy atom. The number of aromatic nitrogens is 1. The van der Waals surface area contributed by atoms with E-state index >= 15 is 0 Å². The number of halogens is 2. The average Bonchev–Trinajstić information content (AvgIpc) is 2.71. The van der Waals surface area contributed by atoms with E-state index in [1.807, 2.05) is 6.07 Å². The molecule has 16 heavy (non-hydrogen) atoms. The first kappa shape index (κ1) is 10.8. The van der Waals surface area contributed by atoms with Crippen LogP contribution in [0.2, 0.25) is 0 Å². The third-order valence-corrected chi connectivity index (χ3v) is 2.60. The molecular formula is C11H11F2N3. The predicted octanol–water partition coefficient (Wildman–Crippen LogP) is 2.12. The number of rotatable bonds is 3. The van der Waals surface area contributed by atoms with Crippen LogP contribution in [0.15, 0.2) is 6.07 Å². The van der Waals surface area contributed by atoms with Gasteiger partial charge in [-0.05, 0) is 30.9 Å². The Kier molecular flexibility index (Phi) is 3.00. The van der Waals surface area contributed by atoms with Crippen molar-refractivity contribution < 1.29 is 8.78 Å². The van der Waals surface area contributed by atoms with Crippen molar-refractivity contribution in [3.05, 3.63) is 22.9 Å². The lowest BCUT2D eigenvalue weighted by Crippen LogP contribution is -2.13. The van der Waals surface area contributed by atoms with Crippen molar-refractivity contribution in [2.75, 3.05) is 11.9 Å². The number of alkyl halides is 2. The van der Waals surface area contributed by atoms with Gasteiger partial charge in [-0.1, -0.05) is 0 Å². The molecule has 0 aromatic carbocycles. The summed E-state index contributed by atoms with van der Waals surface area (Å²) in [5.74, 6) is 0.281. The lowest BCUT2D eigenvalue weighted by atomic mass is 10.1. The number of nitrogens with one attached hydrogen (secondary N) is 1. The van der Waals surface area contributed by atoms with Gasteiger partial charge in [-0.2, -0.15) is 5.26 Å². The van der Waals surface area contributed by atoms with Gasteiger partial charge in [-0.25, -0.2) is 13.8 Å². The number of hydrogen-bond donors (Lipinski definition) is 1. The molecule has 0 saturated heterocycles. The second kappa shape index (κ2) is 4.44. The third-order valence-electron chi connectivity index (χ3n) is 2.60. The van der Waals surface area contributed by atoms with Gasteiger partial charge in [-0.3, -0.25) is 0 Å². The van der Waals surface area contributed by atoms with Gasteiger partial charge in [0.2, 0.25) is 0 Å². The number of pyridine rings is 1. The SMILES string of the molecule is N#Cc1cc2c(nc1NCC(F)F)CCC2. The lowest BCUT2D eigenvalue weighted by molar-refractivity contribution is 0.163. The highest BCUT2D eigenvalue weighted by Gasteiger charge is 2.16. The Hall–Kier alpha value is -1.70. The molecule has 1 N–H and O–H groups in total. The van der Waals surface area contributed by atoms with Crippen LogP contribution >= 0.6 is 0 Å². The molecular weight excluding hydrogens is 212 g/mol. The highest BCUT2D eigenvalue weighted by molar-refractivity contribution is 5.55. The Labute approximate surface area is 92.1 Å². The molecule has 0 bridgehead atoms. The number of nitrogens with zero attached hydrogens (tertiary/aromatic N) is 2. The Bertz CT molecular complexity index is 438. The third kappa shape index (κ3) is 2.11. The number of anilines is 1. The van der Waals surface area contributed by atoms with Crippen LogP contribution in [0.5, 0.6) is 0 Å². The molecule has 1 aromatic rings. The van der Waals surface area contributed by atoms with Crippen LogP contribution < -0.4 is 5.32 Å². The quantitative estimate of drug-likeness (QED) is 0.853. The highest BCUT2D eigenvalue weighted by Crippen LogP contribution is 2.24. The first-order valence-corrected chi connectivity index (χ1v) is 5.15. The molecule has 0 aliphatic heterocycles. The maximum atomic E-state index is 12.1. The number of fused-ring (bicyclic) bond motifs is 1. The van der Waals surface area contributed by atoms with Crippen molar-refractivity contribution in [3.63, 3.8) is 0 Å². The van der Waals surface area contributed by atoms with Gasteiger partial charge >= 0.3 is 0 Å². The second-order valence-corrected chi connectivity index (χ2v) is 3.73. The van der Waals surface area contributed by atoms with E-state index in [2.05, 4.69) is 10.3 Å². The predicted molar refractivity (Wildman–Crippen MR) is 55.5 cm³/mol. The molecule has 0 radical (unpaired) electrons. The molecule has 1 aliphatic rings. The fraction of sp³-hybridized carbons (Fsp3) is 0.455. The summed E-state index contributed by atoms with van der Waals surface area (Å²) >= 11 is 0. The monoisotopic (exact) mass is 223 g/mol. The van der Waals surface area contributed by atoms with E-state index in [0.29, 0.717) is 5.56 Å². The van der Waals surface area contributed by atoms with Crippen molar-refractivity contribution in [1.82, 2.24) is 4.98 Å². The molecule has 0 saturated carbocycles. The molecule has 1 aromatic heterocycles. The van der Waals surface area contributed by atoms with E-state index in [9.17, 15) is 8.78 Å². The lowest BCUT2D eigenvalue weighted by Gasteiger charge is -2.08. The van der Waals surface area contributed by atoms with Crippen LogP contribution in [0, 0.1) is 11.3 Å². The van der Waals surface area contributed by atoms with Crippen LogP contribution in [-0.4, -0.2) is 18.0 Å². The van der Waals surface area contributed by atoms with Crippen LogP contribution in [0.4, 0.5) is 14.6 Å². The molecule has 0 amide bonds. The second-order valence-electron chi connectivity index (χ2n) is 3.73. The Balaban J connectivity index is 2.26. The largest absolute Gasteiger partial charge is 0.363 e. The fourth-order valence-corrected chi connectivity index (χ4v) is 1.87. The topological polar surface area (TPSA) is 48.7 Å². The maximum absolute atomic E-state index is 12.1. The van der Waals surface area contributed by atoms with Crippen LogP contribution in [-0.2, 0) is 12.8 Å². The normalized spacial score (nSPS) is 13.6. The summed E-state index contributed by atoms with van der Waals surface area (Å²) in [5.41, 5.74) is 2.34. The molecule has 0 atom stereocenters. The highest BCUT2D eigenvalue weighted by atomic mass is 19.3. The average molecular weight is 223 g/mol. The summed E-state index contributed by atoms with van der Waals surface area (Å²) in [6.07, 6.45) is 0.365. The zero-order valence-electron chi connectivity index (χ0n) is 8.63. The van der Waals surface area contributed by atoms with E-state index in [0.717, 1.165) is 30.5 Å². The molecule has 1 aliphatic carbocycles. The first-order valence-electron chi connectivity index (χ1n) is 5.15. The maximum Gasteiger partial charge on any atom is 0.255 e. The number of nitriles is 1. The molecule has 5 heteroatoms. The zero-order chi connectivity index (χ0) is 11.5. The summed E-state index contributed by atoms with van der Waals surface area (Å²) in [4.78, 5) is 4.23. The van der Waals surface area contributed by atoms with Gasteiger partial charge in [0.25, 0.3) is 6.43 Å². The first-order chi connectivity index (χ1) is 7.70. The van der Waals surface area contributed by atoms with Crippen LogP contribution in [0.3, 0.4) is 0 Å². The smallest absolute Gasteiger partial charge is 0.255 e. The summed E-state index contributed by atoms with van der Waals surface area (Å²) in [6.45, 7) is -0.472. The molecule has 2 rings (SSSR count). The molecule has 84 valence electrons. The minimum absolute atomic E-state index is 0.281. The molecule has 0 unspecified atom stereocenters. The van der Waals surface area contributed by atoms with Gasteiger partial charge in [0.15, 0.2) is 0 Å². The van der Waals surface area contributed by atoms with Crippen LogP contribution in [0.1, 0.15) is 23.2 Å².